The van der Waals surface area contributed by atoms with E-state index in [2.05, 4.69) is 10.1 Å². The third-order valence-corrected chi connectivity index (χ3v) is 2.72. The molecule has 1 aromatic rings. The van der Waals surface area contributed by atoms with E-state index in [-0.39, 0.29) is 6.61 Å². The van der Waals surface area contributed by atoms with Gasteiger partial charge in [-0.25, -0.2) is 9.59 Å². The highest BCUT2D eigenvalue weighted by Gasteiger charge is 2.27. The number of esters is 1. The average Bonchev–Trinajstić information content (AvgIpc) is 2.51. The first-order chi connectivity index (χ1) is 10.1. The van der Waals surface area contributed by atoms with Gasteiger partial charge in [0.15, 0.2) is 6.04 Å². The molecule has 0 aliphatic heterocycles. The molecule has 0 unspecified atom stereocenters. The van der Waals surface area contributed by atoms with Crippen molar-refractivity contribution < 1.29 is 28.5 Å². The normalized spacial score (nSPS) is 11.2. The zero-order valence-corrected chi connectivity index (χ0v) is 12.5. The summed E-state index contributed by atoms with van der Waals surface area (Å²) in [5, 5.41) is 2.42. The molecule has 0 aliphatic carbocycles. The Morgan fingerprint density at radius 2 is 1.90 bits per heavy atom. The molecule has 21 heavy (non-hydrogen) atoms. The fraction of sp³-hybridized carbons (Fsp3) is 0.429. The van der Waals surface area contributed by atoms with Crippen LogP contribution < -0.4 is 14.8 Å². The van der Waals surface area contributed by atoms with Gasteiger partial charge in [-0.15, -0.1) is 0 Å². The summed E-state index contributed by atoms with van der Waals surface area (Å²) in [4.78, 5) is 23.5. The van der Waals surface area contributed by atoms with E-state index < -0.39 is 18.1 Å². The van der Waals surface area contributed by atoms with Gasteiger partial charge in [0.25, 0.3) is 0 Å². The van der Waals surface area contributed by atoms with E-state index in [0.717, 1.165) is 0 Å². The van der Waals surface area contributed by atoms with Crippen LogP contribution in [0.2, 0.25) is 0 Å². The number of benzene rings is 1. The molecule has 0 aliphatic rings. The molecule has 1 rings (SSSR count). The molecule has 1 N–H and O–H groups in total. The number of ether oxygens (including phenoxy) is 4. The maximum atomic E-state index is 12.0. The highest BCUT2D eigenvalue weighted by atomic mass is 16.5. The first kappa shape index (κ1) is 16.6. The van der Waals surface area contributed by atoms with Gasteiger partial charge in [0.05, 0.1) is 27.9 Å². The Hall–Kier alpha value is -2.44. The Balaban J connectivity index is 3.17. The smallest absolute Gasteiger partial charge is 0.407 e. The number of methoxy groups -OCH3 is 3. The minimum Gasteiger partial charge on any atom is -0.497 e. The topological polar surface area (TPSA) is 83.1 Å². The molecule has 7 nitrogen and oxygen atoms in total. The molecule has 1 atom stereocenters. The molecule has 0 heterocycles. The number of amides is 1. The minimum absolute atomic E-state index is 0.191. The molecule has 1 aromatic carbocycles. The number of hydrogen-bond donors (Lipinski definition) is 1. The fourth-order valence-corrected chi connectivity index (χ4v) is 1.72. The van der Waals surface area contributed by atoms with E-state index in [0.29, 0.717) is 17.1 Å². The van der Waals surface area contributed by atoms with Crippen LogP contribution in [0.4, 0.5) is 4.79 Å². The van der Waals surface area contributed by atoms with Gasteiger partial charge in [0, 0.05) is 11.6 Å². The molecule has 1 amide bonds. The second kappa shape index (κ2) is 7.98. The summed E-state index contributed by atoms with van der Waals surface area (Å²) in [6.07, 6.45) is -0.745. The van der Waals surface area contributed by atoms with Gasteiger partial charge in [-0.2, -0.15) is 0 Å². The van der Waals surface area contributed by atoms with Crippen LogP contribution in [0.15, 0.2) is 18.2 Å². The third-order valence-electron chi connectivity index (χ3n) is 2.72. The predicted molar refractivity (Wildman–Crippen MR) is 74.5 cm³/mol. The van der Waals surface area contributed by atoms with Crippen molar-refractivity contribution in [3.8, 4) is 11.5 Å². The molecule has 7 heteroatoms. The number of alkyl carbamates (subject to hydrolysis) is 1. The maximum Gasteiger partial charge on any atom is 0.407 e. The molecular weight excluding hydrogens is 278 g/mol. The third kappa shape index (κ3) is 4.27. The van der Waals surface area contributed by atoms with E-state index in [1.54, 1.807) is 25.1 Å². The van der Waals surface area contributed by atoms with Crippen LogP contribution in [0.5, 0.6) is 11.5 Å². The fourth-order valence-electron chi connectivity index (χ4n) is 1.72. The molecule has 0 fully saturated rings. The van der Waals surface area contributed by atoms with E-state index in [1.165, 1.54) is 21.3 Å². The van der Waals surface area contributed by atoms with Crippen molar-refractivity contribution in [3.63, 3.8) is 0 Å². The summed E-state index contributed by atoms with van der Waals surface area (Å²) in [5.74, 6) is 0.353. The largest absolute Gasteiger partial charge is 0.497 e. The van der Waals surface area contributed by atoms with Crippen LogP contribution in [-0.2, 0) is 14.3 Å². The maximum absolute atomic E-state index is 12.0. The standard InChI is InChI=1S/C14H19NO6/c1-5-21-13(16)12(15-14(17)20-4)10-7-6-9(18-2)8-11(10)19-3/h6-8,12H,5H2,1-4H3,(H,15,17)/t12-/m0/s1. The molecule has 0 saturated carbocycles. The van der Waals surface area contributed by atoms with Gasteiger partial charge in [0.1, 0.15) is 11.5 Å². The minimum atomic E-state index is -1.03. The lowest BCUT2D eigenvalue weighted by molar-refractivity contribution is -0.145. The molecule has 0 radical (unpaired) electrons. The Kier molecular flexibility index (Phi) is 6.32. The molecule has 0 aromatic heterocycles. The molecule has 116 valence electrons. The quantitative estimate of drug-likeness (QED) is 0.804. The van der Waals surface area contributed by atoms with Crippen LogP contribution in [0, 0.1) is 0 Å². The van der Waals surface area contributed by atoms with Crippen molar-refractivity contribution in [1.29, 1.82) is 0 Å². The van der Waals surface area contributed by atoms with Crippen LogP contribution in [0.25, 0.3) is 0 Å². The monoisotopic (exact) mass is 297 g/mol. The Bertz CT molecular complexity index is 502. The number of hydrogen-bond acceptors (Lipinski definition) is 6. The molecule has 0 spiro atoms. The van der Waals surface area contributed by atoms with Gasteiger partial charge in [-0.1, -0.05) is 0 Å². The number of carbonyl (C=O) groups excluding carboxylic acids is 2. The zero-order valence-electron chi connectivity index (χ0n) is 12.5. The van der Waals surface area contributed by atoms with Crippen LogP contribution in [-0.4, -0.2) is 40.0 Å². The summed E-state index contributed by atoms with van der Waals surface area (Å²) in [6.45, 7) is 1.87. The van der Waals surface area contributed by atoms with E-state index in [9.17, 15) is 9.59 Å². The van der Waals surface area contributed by atoms with Gasteiger partial charge in [-0.05, 0) is 19.1 Å². The number of nitrogens with one attached hydrogen (secondary N) is 1. The second-order valence-electron chi connectivity index (χ2n) is 3.93. The van der Waals surface area contributed by atoms with Crippen molar-refractivity contribution >= 4 is 12.1 Å². The van der Waals surface area contributed by atoms with E-state index in [4.69, 9.17) is 14.2 Å². The lowest BCUT2D eigenvalue weighted by Crippen LogP contribution is -2.35. The highest BCUT2D eigenvalue weighted by Crippen LogP contribution is 2.30. The number of carbonyl (C=O) groups is 2. The first-order valence-electron chi connectivity index (χ1n) is 6.30. The summed E-state index contributed by atoms with van der Waals surface area (Å²) in [5.41, 5.74) is 0.446. The number of rotatable bonds is 6. The van der Waals surface area contributed by atoms with Crippen LogP contribution >= 0.6 is 0 Å². The SMILES string of the molecule is CCOC(=O)[C@@H](NC(=O)OC)c1ccc(OC)cc1OC. The summed E-state index contributed by atoms with van der Waals surface area (Å²) in [6, 6.07) is 3.86. The zero-order chi connectivity index (χ0) is 15.8. The molecular formula is C14H19NO6. The Morgan fingerprint density at radius 1 is 1.19 bits per heavy atom. The summed E-state index contributed by atoms with van der Waals surface area (Å²) < 4.78 is 19.8. The second-order valence-corrected chi connectivity index (χ2v) is 3.93. The van der Waals surface area contributed by atoms with Gasteiger partial charge in [-0.3, -0.25) is 0 Å². The Morgan fingerprint density at radius 3 is 2.43 bits per heavy atom. The van der Waals surface area contributed by atoms with Gasteiger partial charge >= 0.3 is 12.1 Å². The van der Waals surface area contributed by atoms with Crippen molar-refractivity contribution in [2.45, 2.75) is 13.0 Å². The molecule has 0 bridgehead atoms. The van der Waals surface area contributed by atoms with Crippen LogP contribution in [0.3, 0.4) is 0 Å². The van der Waals surface area contributed by atoms with Gasteiger partial charge < -0.3 is 24.3 Å². The van der Waals surface area contributed by atoms with Crippen molar-refractivity contribution in [2.24, 2.45) is 0 Å². The van der Waals surface area contributed by atoms with Crippen molar-refractivity contribution in [2.75, 3.05) is 27.9 Å². The van der Waals surface area contributed by atoms with E-state index in [1.807, 2.05) is 0 Å². The van der Waals surface area contributed by atoms with E-state index >= 15 is 0 Å². The first-order valence-corrected chi connectivity index (χ1v) is 6.30. The van der Waals surface area contributed by atoms with Crippen LogP contribution in [0.1, 0.15) is 18.5 Å². The average molecular weight is 297 g/mol. The molecule has 0 saturated heterocycles. The summed E-state index contributed by atoms with van der Waals surface area (Å²) >= 11 is 0. The predicted octanol–water partition coefficient (Wildman–Crippen LogP) is 1.66. The van der Waals surface area contributed by atoms with Crippen molar-refractivity contribution in [3.05, 3.63) is 23.8 Å². The van der Waals surface area contributed by atoms with Crippen molar-refractivity contribution in [1.82, 2.24) is 5.32 Å². The van der Waals surface area contributed by atoms with Gasteiger partial charge in [0.2, 0.25) is 0 Å². The summed E-state index contributed by atoms with van der Waals surface area (Å²) in [7, 11) is 4.19. The Labute approximate surface area is 123 Å². The lowest BCUT2D eigenvalue weighted by atomic mass is 10.1. The lowest BCUT2D eigenvalue weighted by Gasteiger charge is -2.19. The highest BCUT2D eigenvalue weighted by molar-refractivity contribution is 5.83.